The molecule has 0 aromatic heterocycles. The highest BCUT2D eigenvalue weighted by Gasteiger charge is 2.16. The van der Waals surface area contributed by atoms with Gasteiger partial charge in [-0.3, -0.25) is 4.79 Å². The largest absolute Gasteiger partial charge is 0.493 e. The Balaban J connectivity index is 2.49. The van der Waals surface area contributed by atoms with Gasteiger partial charge in [-0.05, 0) is 36.8 Å². The average Bonchev–Trinajstić information content (AvgIpc) is 2.46. The monoisotopic (exact) mass is 271 g/mol. The Morgan fingerprint density at radius 2 is 1.75 bits per heavy atom. The van der Waals surface area contributed by atoms with Crippen molar-refractivity contribution in [2.75, 3.05) is 20.0 Å². The third-order valence-corrected chi connectivity index (χ3v) is 3.18. The van der Waals surface area contributed by atoms with Crippen molar-refractivity contribution in [3.8, 4) is 11.5 Å². The van der Waals surface area contributed by atoms with Crippen LogP contribution in [0.3, 0.4) is 0 Å². The lowest BCUT2D eigenvalue weighted by Gasteiger charge is -2.11. The van der Waals surface area contributed by atoms with Crippen LogP contribution in [-0.4, -0.2) is 20.0 Å². The zero-order valence-corrected chi connectivity index (χ0v) is 11.8. The molecule has 0 spiro atoms. The average molecular weight is 271 g/mol. The summed E-state index contributed by atoms with van der Waals surface area (Å²) < 4.78 is 10.4. The van der Waals surface area contributed by atoms with E-state index >= 15 is 0 Å². The van der Waals surface area contributed by atoms with E-state index in [2.05, 4.69) is 0 Å². The first kappa shape index (κ1) is 13.9. The Bertz CT molecular complexity index is 630. The van der Waals surface area contributed by atoms with E-state index in [1.165, 1.54) is 7.11 Å². The smallest absolute Gasteiger partial charge is 0.195 e. The Morgan fingerprint density at radius 1 is 1.05 bits per heavy atom. The van der Waals surface area contributed by atoms with Gasteiger partial charge in [0.05, 0.1) is 14.2 Å². The minimum absolute atomic E-state index is 0.124. The standard InChI is InChI=1S/C16H17NO3/c1-10-5-4-6-12(17)15(10)16(18)11-7-8-13(19-2)14(9-11)20-3/h4-9H,17H2,1-3H3. The molecule has 4 nitrogen and oxygen atoms in total. The molecule has 0 aliphatic rings. The number of carbonyl (C=O) groups is 1. The van der Waals surface area contributed by atoms with Gasteiger partial charge in [0.25, 0.3) is 0 Å². The van der Waals surface area contributed by atoms with E-state index in [0.29, 0.717) is 28.3 Å². The second-order valence-corrected chi connectivity index (χ2v) is 4.44. The first-order valence-electron chi connectivity index (χ1n) is 6.20. The van der Waals surface area contributed by atoms with Crippen LogP contribution in [0.1, 0.15) is 21.5 Å². The summed E-state index contributed by atoms with van der Waals surface area (Å²) in [7, 11) is 3.09. The van der Waals surface area contributed by atoms with Crippen molar-refractivity contribution in [3.05, 3.63) is 53.1 Å². The van der Waals surface area contributed by atoms with Crippen LogP contribution in [0.5, 0.6) is 11.5 Å². The van der Waals surface area contributed by atoms with Crippen molar-refractivity contribution >= 4 is 11.5 Å². The lowest BCUT2D eigenvalue weighted by atomic mass is 9.97. The van der Waals surface area contributed by atoms with Gasteiger partial charge >= 0.3 is 0 Å². The van der Waals surface area contributed by atoms with Crippen molar-refractivity contribution in [2.24, 2.45) is 0 Å². The zero-order chi connectivity index (χ0) is 14.7. The Morgan fingerprint density at radius 3 is 2.35 bits per heavy atom. The molecule has 0 unspecified atom stereocenters. The molecule has 104 valence electrons. The van der Waals surface area contributed by atoms with E-state index in [1.54, 1.807) is 31.4 Å². The number of benzene rings is 2. The third kappa shape index (κ3) is 2.45. The number of anilines is 1. The maximum absolute atomic E-state index is 12.6. The van der Waals surface area contributed by atoms with Gasteiger partial charge in [0.1, 0.15) is 0 Å². The molecular weight excluding hydrogens is 254 g/mol. The fourth-order valence-electron chi connectivity index (χ4n) is 2.12. The van der Waals surface area contributed by atoms with Gasteiger partial charge in [-0.2, -0.15) is 0 Å². The van der Waals surface area contributed by atoms with Crippen molar-refractivity contribution in [1.29, 1.82) is 0 Å². The number of hydrogen-bond donors (Lipinski definition) is 1. The molecule has 0 bridgehead atoms. The fraction of sp³-hybridized carbons (Fsp3) is 0.188. The van der Waals surface area contributed by atoms with Gasteiger partial charge in [0.2, 0.25) is 0 Å². The topological polar surface area (TPSA) is 61.5 Å². The van der Waals surface area contributed by atoms with Crippen LogP contribution in [0.25, 0.3) is 0 Å². The Hall–Kier alpha value is -2.49. The highest BCUT2D eigenvalue weighted by Crippen LogP contribution is 2.29. The molecule has 0 atom stereocenters. The maximum atomic E-state index is 12.6. The highest BCUT2D eigenvalue weighted by molar-refractivity contribution is 6.13. The molecule has 0 aliphatic carbocycles. The van der Waals surface area contributed by atoms with Crippen molar-refractivity contribution in [3.63, 3.8) is 0 Å². The minimum atomic E-state index is -0.124. The van der Waals surface area contributed by atoms with Crippen LogP contribution in [-0.2, 0) is 0 Å². The number of rotatable bonds is 4. The molecule has 0 amide bonds. The van der Waals surface area contributed by atoms with E-state index in [1.807, 2.05) is 19.1 Å². The molecule has 2 rings (SSSR count). The molecule has 0 saturated heterocycles. The molecule has 0 heterocycles. The van der Waals surface area contributed by atoms with Crippen LogP contribution in [0.2, 0.25) is 0 Å². The molecule has 4 heteroatoms. The molecule has 2 aromatic rings. The molecule has 2 N–H and O–H groups in total. The van der Waals surface area contributed by atoms with Crippen LogP contribution < -0.4 is 15.2 Å². The van der Waals surface area contributed by atoms with Gasteiger partial charge in [0.15, 0.2) is 17.3 Å². The zero-order valence-electron chi connectivity index (χ0n) is 11.8. The van der Waals surface area contributed by atoms with Crippen LogP contribution in [0.4, 0.5) is 5.69 Å². The van der Waals surface area contributed by atoms with E-state index in [0.717, 1.165) is 5.56 Å². The predicted molar refractivity (Wildman–Crippen MR) is 78.6 cm³/mol. The minimum Gasteiger partial charge on any atom is -0.493 e. The van der Waals surface area contributed by atoms with Crippen LogP contribution in [0.15, 0.2) is 36.4 Å². The summed E-state index contributed by atoms with van der Waals surface area (Å²) in [5.41, 5.74) is 8.28. The lowest BCUT2D eigenvalue weighted by Crippen LogP contribution is -2.08. The first-order chi connectivity index (χ1) is 9.58. The normalized spacial score (nSPS) is 10.2. The number of nitrogens with two attached hydrogens (primary N) is 1. The fourth-order valence-corrected chi connectivity index (χ4v) is 2.12. The lowest BCUT2D eigenvalue weighted by molar-refractivity contribution is 0.103. The molecule has 20 heavy (non-hydrogen) atoms. The molecule has 0 fully saturated rings. The number of ketones is 1. The first-order valence-corrected chi connectivity index (χ1v) is 6.20. The van der Waals surface area contributed by atoms with Gasteiger partial charge in [-0.1, -0.05) is 12.1 Å². The SMILES string of the molecule is COc1ccc(C(=O)c2c(C)cccc2N)cc1OC. The number of aryl methyl sites for hydroxylation is 1. The third-order valence-electron chi connectivity index (χ3n) is 3.18. The summed E-state index contributed by atoms with van der Waals surface area (Å²) in [6.07, 6.45) is 0. The van der Waals surface area contributed by atoms with Crippen LogP contribution >= 0.6 is 0 Å². The van der Waals surface area contributed by atoms with Gasteiger partial charge < -0.3 is 15.2 Å². The summed E-state index contributed by atoms with van der Waals surface area (Å²) in [6.45, 7) is 1.87. The van der Waals surface area contributed by atoms with E-state index in [9.17, 15) is 4.79 Å². The summed E-state index contributed by atoms with van der Waals surface area (Å²) in [5, 5.41) is 0. The van der Waals surface area contributed by atoms with Crippen molar-refractivity contribution in [1.82, 2.24) is 0 Å². The maximum Gasteiger partial charge on any atom is 0.195 e. The number of carbonyl (C=O) groups excluding carboxylic acids is 1. The molecule has 0 radical (unpaired) electrons. The van der Waals surface area contributed by atoms with Crippen LogP contribution in [0, 0.1) is 6.92 Å². The van der Waals surface area contributed by atoms with Gasteiger partial charge in [0, 0.05) is 16.8 Å². The Kier molecular flexibility index (Phi) is 3.94. The number of hydrogen-bond acceptors (Lipinski definition) is 4. The number of methoxy groups -OCH3 is 2. The molecule has 0 saturated carbocycles. The predicted octanol–water partition coefficient (Wildman–Crippen LogP) is 2.83. The number of nitrogen functional groups attached to an aromatic ring is 1. The highest BCUT2D eigenvalue weighted by atomic mass is 16.5. The quantitative estimate of drug-likeness (QED) is 0.686. The summed E-state index contributed by atoms with van der Waals surface area (Å²) in [4.78, 5) is 12.6. The molecular formula is C16H17NO3. The summed E-state index contributed by atoms with van der Waals surface area (Å²) in [6, 6.07) is 10.5. The summed E-state index contributed by atoms with van der Waals surface area (Å²) >= 11 is 0. The van der Waals surface area contributed by atoms with E-state index < -0.39 is 0 Å². The Labute approximate surface area is 118 Å². The second-order valence-electron chi connectivity index (χ2n) is 4.44. The van der Waals surface area contributed by atoms with Gasteiger partial charge in [-0.25, -0.2) is 0 Å². The number of ether oxygens (including phenoxy) is 2. The van der Waals surface area contributed by atoms with Crippen molar-refractivity contribution in [2.45, 2.75) is 6.92 Å². The van der Waals surface area contributed by atoms with E-state index in [-0.39, 0.29) is 5.78 Å². The van der Waals surface area contributed by atoms with E-state index in [4.69, 9.17) is 15.2 Å². The molecule has 0 aliphatic heterocycles. The van der Waals surface area contributed by atoms with Crippen molar-refractivity contribution < 1.29 is 14.3 Å². The second kappa shape index (κ2) is 5.65. The van der Waals surface area contributed by atoms with Gasteiger partial charge in [-0.15, -0.1) is 0 Å². The molecule has 2 aromatic carbocycles. The summed E-state index contributed by atoms with van der Waals surface area (Å²) in [5.74, 6) is 0.980.